The fourth-order valence-corrected chi connectivity index (χ4v) is 1.28. The third kappa shape index (κ3) is 2.42. The Morgan fingerprint density at radius 2 is 2.07 bits per heavy atom. The predicted octanol–water partition coefficient (Wildman–Crippen LogP) is 2.22. The van der Waals surface area contributed by atoms with E-state index in [1.54, 1.807) is 6.07 Å². The molecule has 0 aromatic heterocycles. The average molecular weight is 201 g/mol. The molecule has 1 aromatic rings. The molecule has 14 heavy (non-hydrogen) atoms. The van der Waals surface area contributed by atoms with Crippen molar-refractivity contribution in [3.8, 4) is 5.75 Å². The van der Waals surface area contributed by atoms with Crippen LogP contribution in [0.5, 0.6) is 5.75 Å². The monoisotopic (exact) mass is 201 g/mol. The lowest BCUT2D eigenvalue weighted by molar-refractivity contribution is 0.147. The molecule has 3 N–H and O–H groups in total. The number of aryl methyl sites for hydroxylation is 1. The molecule has 4 heteroatoms. The number of benzene rings is 1. The van der Waals surface area contributed by atoms with Crippen molar-refractivity contribution in [2.45, 2.75) is 19.3 Å². The van der Waals surface area contributed by atoms with Crippen LogP contribution in [0.3, 0.4) is 0 Å². The highest BCUT2D eigenvalue weighted by atomic mass is 19.3. The zero-order chi connectivity index (χ0) is 10.6. The van der Waals surface area contributed by atoms with Gasteiger partial charge in [0.05, 0.1) is 5.56 Å². The summed E-state index contributed by atoms with van der Waals surface area (Å²) in [7, 11) is 0. The first-order valence-corrected chi connectivity index (χ1v) is 4.45. The van der Waals surface area contributed by atoms with Crippen molar-refractivity contribution in [1.29, 1.82) is 0 Å². The number of rotatable bonds is 4. The van der Waals surface area contributed by atoms with Gasteiger partial charge in [-0.2, -0.15) is 0 Å². The van der Waals surface area contributed by atoms with Crippen molar-refractivity contribution in [2.75, 3.05) is 6.54 Å². The van der Waals surface area contributed by atoms with Crippen LogP contribution in [-0.4, -0.2) is 11.7 Å². The molecule has 1 aromatic carbocycles. The van der Waals surface area contributed by atoms with Gasteiger partial charge in [-0.3, -0.25) is 0 Å². The van der Waals surface area contributed by atoms with E-state index in [-0.39, 0.29) is 11.3 Å². The quantitative estimate of drug-likeness (QED) is 0.784. The number of para-hydroxylation sites is 1. The van der Waals surface area contributed by atoms with Gasteiger partial charge in [0, 0.05) is 0 Å². The van der Waals surface area contributed by atoms with Crippen molar-refractivity contribution in [3.63, 3.8) is 0 Å². The minimum absolute atomic E-state index is 0.295. The van der Waals surface area contributed by atoms with Gasteiger partial charge in [-0.05, 0) is 31.0 Å². The van der Waals surface area contributed by atoms with E-state index in [0.717, 1.165) is 0 Å². The predicted molar refractivity (Wildman–Crippen MR) is 50.4 cm³/mol. The first-order chi connectivity index (χ1) is 6.66. The molecule has 0 heterocycles. The molecule has 0 fully saturated rings. The normalized spacial score (nSPS) is 10.9. The van der Waals surface area contributed by atoms with Gasteiger partial charge in [0.15, 0.2) is 0 Å². The molecule has 0 aliphatic carbocycles. The fourth-order valence-electron chi connectivity index (χ4n) is 1.28. The van der Waals surface area contributed by atoms with Crippen LogP contribution < -0.4 is 5.73 Å². The maximum absolute atomic E-state index is 12.3. The summed E-state index contributed by atoms with van der Waals surface area (Å²) < 4.78 is 24.7. The molecule has 2 nitrogen and oxygen atoms in total. The highest BCUT2D eigenvalue weighted by Crippen LogP contribution is 2.31. The van der Waals surface area contributed by atoms with E-state index in [4.69, 9.17) is 5.73 Å². The van der Waals surface area contributed by atoms with E-state index in [1.807, 2.05) is 0 Å². The van der Waals surface area contributed by atoms with E-state index in [2.05, 4.69) is 0 Å². The highest BCUT2D eigenvalue weighted by molar-refractivity contribution is 5.41. The Bertz CT molecular complexity index is 302. The number of phenolic OH excluding ortho intramolecular Hbond substituents is 1. The molecule has 78 valence electrons. The average Bonchev–Trinajstić information content (AvgIpc) is 2.16. The zero-order valence-corrected chi connectivity index (χ0v) is 7.71. The van der Waals surface area contributed by atoms with Gasteiger partial charge in [0.1, 0.15) is 5.75 Å². The molecule has 0 radical (unpaired) electrons. The van der Waals surface area contributed by atoms with Gasteiger partial charge in [0.25, 0.3) is 6.43 Å². The van der Waals surface area contributed by atoms with Crippen molar-refractivity contribution in [2.24, 2.45) is 5.73 Å². The molecule has 0 atom stereocenters. The maximum atomic E-state index is 12.3. The summed E-state index contributed by atoms with van der Waals surface area (Å²) in [5, 5.41) is 9.47. The van der Waals surface area contributed by atoms with Gasteiger partial charge in [-0.15, -0.1) is 0 Å². The minimum atomic E-state index is -2.63. The Labute approximate surface area is 81.4 Å². The Kier molecular flexibility index (Phi) is 3.83. The SMILES string of the molecule is NCCCc1cccc(C(F)F)c1O. The van der Waals surface area contributed by atoms with E-state index < -0.39 is 6.43 Å². The molecule has 0 unspecified atom stereocenters. The van der Waals surface area contributed by atoms with Gasteiger partial charge >= 0.3 is 0 Å². The lowest BCUT2D eigenvalue weighted by Gasteiger charge is -2.08. The number of alkyl halides is 2. The van der Waals surface area contributed by atoms with E-state index in [1.165, 1.54) is 12.1 Å². The molecular formula is C10H13F2NO. The first-order valence-electron chi connectivity index (χ1n) is 4.45. The Morgan fingerprint density at radius 1 is 1.36 bits per heavy atom. The van der Waals surface area contributed by atoms with Gasteiger partial charge in [-0.25, -0.2) is 8.78 Å². The van der Waals surface area contributed by atoms with Gasteiger partial charge in [0.2, 0.25) is 0 Å². The first kappa shape index (κ1) is 10.9. The summed E-state index contributed by atoms with van der Waals surface area (Å²) in [5.74, 6) is -0.295. The standard InChI is InChI=1S/C10H13F2NO/c11-10(12)8-5-1-3-7(9(8)14)4-2-6-13/h1,3,5,10,14H,2,4,6,13H2. The summed E-state index contributed by atoms with van der Waals surface area (Å²) in [6, 6.07) is 4.38. The number of hydrogen-bond donors (Lipinski definition) is 2. The third-order valence-electron chi connectivity index (χ3n) is 2.04. The van der Waals surface area contributed by atoms with Crippen LogP contribution in [0.1, 0.15) is 24.0 Å². The highest BCUT2D eigenvalue weighted by Gasteiger charge is 2.14. The smallest absolute Gasteiger partial charge is 0.267 e. The second-order valence-corrected chi connectivity index (χ2v) is 3.05. The largest absolute Gasteiger partial charge is 0.507 e. The van der Waals surface area contributed by atoms with Crippen LogP contribution in [0.15, 0.2) is 18.2 Å². The van der Waals surface area contributed by atoms with Crippen LogP contribution in [0.2, 0.25) is 0 Å². The zero-order valence-electron chi connectivity index (χ0n) is 7.71. The molecule has 0 aliphatic rings. The molecule has 0 saturated heterocycles. The minimum Gasteiger partial charge on any atom is -0.507 e. The molecule has 0 saturated carbocycles. The van der Waals surface area contributed by atoms with Crippen LogP contribution in [0.25, 0.3) is 0 Å². The Hall–Kier alpha value is -1.16. The van der Waals surface area contributed by atoms with Gasteiger partial charge < -0.3 is 10.8 Å². The Morgan fingerprint density at radius 3 is 2.64 bits per heavy atom. The lowest BCUT2D eigenvalue weighted by atomic mass is 10.0. The van der Waals surface area contributed by atoms with E-state index in [0.29, 0.717) is 24.9 Å². The summed E-state index contributed by atoms with van der Waals surface area (Å²) in [6.07, 6.45) is -1.42. The van der Waals surface area contributed by atoms with Crippen LogP contribution in [0.4, 0.5) is 8.78 Å². The van der Waals surface area contributed by atoms with E-state index >= 15 is 0 Å². The third-order valence-corrected chi connectivity index (χ3v) is 2.04. The van der Waals surface area contributed by atoms with Crippen molar-refractivity contribution < 1.29 is 13.9 Å². The number of nitrogens with two attached hydrogens (primary N) is 1. The molecule has 0 spiro atoms. The second kappa shape index (κ2) is 4.91. The summed E-state index contributed by atoms with van der Waals surface area (Å²) in [4.78, 5) is 0. The topological polar surface area (TPSA) is 46.2 Å². The molecular weight excluding hydrogens is 188 g/mol. The molecule has 1 rings (SSSR count). The summed E-state index contributed by atoms with van der Waals surface area (Å²) in [5.41, 5.74) is 5.52. The van der Waals surface area contributed by atoms with Crippen molar-refractivity contribution >= 4 is 0 Å². The van der Waals surface area contributed by atoms with Gasteiger partial charge in [-0.1, -0.05) is 12.1 Å². The number of hydrogen-bond acceptors (Lipinski definition) is 2. The maximum Gasteiger partial charge on any atom is 0.267 e. The number of halogens is 2. The summed E-state index contributed by atoms with van der Waals surface area (Å²) >= 11 is 0. The van der Waals surface area contributed by atoms with Crippen LogP contribution in [-0.2, 0) is 6.42 Å². The number of phenols is 1. The lowest BCUT2D eigenvalue weighted by Crippen LogP contribution is -2.01. The van der Waals surface area contributed by atoms with E-state index in [9.17, 15) is 13.9 Å². The van der Waals surface area contributed by atoms with Crippen molar-refractivity contribution in [1.82, 2.24) is 0 Å². The molecule has 0 amide bonds. The number of aromatic hydroxyl groups is 1. The van der Waals surface area contributed by atoms with Crippen molar-refractivity contribution in [3.05, 3.63) is 29.3 Å². The van der Waals surface area contributed by atoms with Crippen LogP contribution in [0, 0.1) is 0 Å². The fraction of sp³-hybridized carbons (Fsp3) is 0.400. The summed E-state index contributed by atoms with van der Waals surface area (Å²) in [6.45, 7) is 0.484. The molecule has 0 bridgehead atoms. The second-order valence-electron chi connectivity index (χ2n) is 3.05. The van der Waals surface area contributed by atoms with Crippen LogP contribution >= 0.6 is 0 Å². The molecule has 0 aliphatic heterocycles. The Balaban J connectivity index is 2.89.